The lowest BCUT2D eigenvalue weighted by Gasteiger charge is -2.32. The van der Waals surface area contributed by atoms with Crippen LogP contribution < -0.4 is 0 Å². The second-order valence-corrected chi connectivity index (χ2v) is 6.91. The second kappa shape index (κ2) is 5.84. The SMILES string of the molecule is OC(Cc1csc2ccccc12)C1(O)CCCCCC1. The maximum absolute atomic E-state index is 10.7. The Labute approximate surface area is 124 Å². The second-order valence-electron chi connectivity index (χ2n) is 5.99. The van der Waals surface area contributed by atoms with Crippen molar-refractivity contribution in [3.05, 3.63) is 35.2 Å². The van der Waals surface area contributed by atoms with Crippen molar-refractivity contribution in [3.8, 4) is 0 Å². The topological polar surface area (TPSA) is 40.5 Å². The monoisotopic (exact) mass is 290 g/mol. The van der Waals surface area contributed by atoms with Crippen LogP contribution in [0.1, 0.15) is 44.1 Å². The molecule has 2 nitrogen and oxygen atoms in total. The van der Waals surface area contributed by atoms with Crippen LogP contribution in [0.3, 0.4) is 0 Å². The Hall–Kier alpha value is -0.900. The Morgan fingerprint density at radius 3 is 2.55 bits per heavy atom. The van der Waals surface area contributed by atoms with Gasteiger partial charge in [0.25, 0.3) is 0 Å². The van der Waals surface area contributed by atoms with Crippen molar-refractivity contribution in [2.45, 2.75) is 56.7 Å². The quantitative estimate of drug-likeness (QED) is 0.842. The third-order valence-electron chi connectivity index (χ3n) is 4.56. The van der Waals surface area contributed by atoms with Gasteiger partial charge in [-0.1, -0.05) is 43.9 Å². The molecule has 1 aromatic heterocycles. The van der Waals surface area contributed by atoms with E-state index in [0.29, 0.717) is 6.42 Å². The van der Waals surface area contributed by atoms with E-state index in [1.807, 2.05) is 12.1 Å². The zero-order chi connectivity index (χ0) is 14.0. The molecule has 2 aromatic rings. The highest BCUT2D eigenvalue weighted by atomic mass is 32.1. The molecule has 3 heteroatoms. The predicted octanol–water partition coefficient (Wildman–Crippen LogP) is 3.89. The van der Waals surface area contributed by atoms with Crippen LogP contribution in [0.5, 0.6) is 0 Å². The molecule has 1 heterocycles. The van der Waals surface area contributed by atoms with E-state index in [2.05, 4.69) is 17.5 Å². The number of hydrogen-bond acceptors (Lipinski definition) is 3. The summed E-state index contributed by atoms with van der Waals surface area (Å²) in [6, 6.07) is 8.28. The highest BCUT2D eigenvalue weighted by Crippen LogP contribution is 2.33. The zero-order valence-electron chi connectivity index (χ0n) is 11.7. The first-order chi connectivity index (χ1) is 9.69. The average molecular weight is 290 g/mol. The van der Waals surface area contributed by atoms with Gasteiger partial charge in [0.2, 0.25) is 0 Å². The van der Waals surface area contributed by atoms with Crippen LogP contribution in [-0.4, -0.2) is 21.9 Å². The number of aliphatic hydroxyl groups excluding tert-OH is 1. The van der Waals surface area contributed by atoms with E-state index in [-0.39, 0.29) is 0 Å². The van der Waals surface area contributed by atoms with Crippen LogP contribution in [0.25, 0.3) is 10.1 Å². The zero-order valence-corrected chi connectivity index (χ0v) is 12.5. The molecule has 3 rings (SSSR count). The van der Waals surface area contributed by atoms with E-state index >= 15 is 0 Å². The first-order valence-electron chi connectivity index (χ1n) is 7.55. The van der Waals surface area contributed by atoms with Gasteiger partial charge in [-0.2, -0.15) is 0 Å². The van der Waals surface area contributed by atoms with E-state index in [9.17, 15) is 10.2 Å². The summed E-state index contributed by atoms with van der Waals surface area (Å²) in [5.74, 6) is 0. The van der Waals surface area contributed by atoms with Crippen molar-refractivity contribution < 1.29 is 10.2 Å². The molecule has 1 aliphatic rings. The molecule has 0 amide bonds. The van der Waals surface area contributed by atoms with Crippen molar-refractivity contribution in [3.63, 3.8) is 0 Å². The molecule has 108 valence electrons. The molecule has 1 saturated carbocycles. The minimum absolute atomic E-state index is 0.556. The summed E-state index contributed by atoms with van der Waals surface area (Å²) < 4.78 is 1.25. The van der Waals surface area contributed by atoms with Crippen LogP contribution in [0.15, 0.2) is 29.6 Å². The van der Waals surface area contributed by atoms with Crippen molar-refractivity contribution in [2.75, 3.05) is 0 Å². The summed E-state index contributed by atoms with van der Waals surface area (Å²) in [5.41, 5.74) is 0.273. The van der Waals surface area contributed by atoms with E-state index in [1.165, 1.54) is 22.9 Å². The smallest absolute Gasteiger partial charge is 0.0908 e. The summed E-state index contributed by atoms with van der Waals surface area (Å²) in [5, 5.41) is 24.6. The molecule has 0 aliphatic heterocycles. The van der Waals surface area contributed by atoms with Gasteiger partial charge in [-0.3, -0.25) is 0 Å². The van der Waals surface area contributed by atoms with Gasteiger partial charge in [-0.25, -0.2) is 0 Å². The van der Waals surface area contributed by atoms with Crippen LogP contribution >= 0.6 is 11.3 Å². The Bertz CT molecular complexity index is 567. The molecule has 1 fully saturated rings. The van der Waals surface area contributed by atoms with Crippen LogP contribution in [-0.2, 0) is 6.42 Å². The lowest BCUT2D eigenvalue weighted by atomic mass is 9.85. The van der Waals surface area contributed by atoms with Gasteiger partial charge < -0.3 is 10.2 Å². The van der Waals surface area contributed by atoms with Crippen molar-refractivity contribution >= 4 is 21.4 Å². The van der Waals surface area contributed by atoms with E-state index < -0.39 is 11.7 Å². The standard InChI is InChI=1S/C17H22O2S/c18-16(17(19)9-5-1-2-6-10-17)11-13-12-20-15-8-4-3-7-14(13)15/h3-4,7-8,12,16,18-19H,1-2,5-6,9-11H2. The first kappa shape index (κ1) is 14.1. The Morgan fingerprint density at radius 2 is 1.80 bits per heavy atom. The largest absolute Gasteiger partial charge is 0.390 e. The summed E-state index contributed by atoms with van der Waals surface area (Å²) in [6.07, 6.45) is 5.77. The lowest BCUT2D eigenvalue weighted by molar-refractivity contribution is -0.0835. The number of thiophene rings is 1. The van der Waals surface area contributed by atoms with E-state index in [1.54, 1.807) is 11.3 Å². The van der Waals surface area contributed by atoms with E-state index in [4.69, 9.17) is 0 Å². The van der Waals surface area contributed by atoms with Crippen molar-refractivity contribution in [2.24, 2.45) is 0 Å². The molecule has 1 aromatic carbocycles. The Kier molecular flexibility index (Phi) is 4.11. The molecule has 0 saturated heterocycles. The fraction of sp³-hybridized carbons (Fsp3) is 0.529. The maximum Gasteiger partial charge on any atom is 0.0908 e. The molecule has 0 radical (unpaired) electrons. The minimum atomic E-state index is -0.889. The summed E-state index contributed by atoms with van der Waals surface area (Å²) >= 11 is 1.71. The first-order valence-corrected chi connectivity index (χ1v) is 8.42. The normalized spacial score (nSPS) is 20.7. The molecule has 0 bridgehead atoms. The van der Waals surface area contributed by atoms with Gasteiger partial charge in [-0.05, 0) is 35.2 Å². The molecule has 0 spiro atoms. The number of hydrogen-bond donors (Lipinski definition) is 2. The number of fused-ring (bicyclic) bond motifs is 1. The van der Waals surface area contributed by atoms with Gasteiger partial charge in [0, 0.05) is 11.1 Å². The third-order valence-corrected chi connectivity index (χ3v) is 5.58. The molecular weight excluding hydrogens is 268 g/mol. The number of rotatable bonds is 3. The molecule has 20 heavy (non-hydrogen) atoms. The van der Waals surface area contributed by atoms with Crippen LogP contribution in [0, 0.1) is 0 Å². The predicted molar refractivity (Wildman–Crippen MR) is 84.2 cm³/mol. The summed E-state index contributed by atoms with van der Waals surface area (Å²) in [6.45, 7) is 0. The maximum atomic E-state index is 10.7. The van der Waals surface area contributed by atoms with Gasteiger partial charge >= 0.3 is 0 Å². The van der Waals surface area contributed by atoms with E-state index in [0.717, 1.165) is 31.2 Å². The van der Waals surface area contributed by atoms with Gasteiger partial charge in [0.05, 0.1) is 11.7 Å². The third kappa shape index (κ3) is 2.76. The Balaban J connectivity index is 1.79. The fourth-order valence-corrected chi connectivity index (χ4v) is 4.24. The number of benzene rings is 1. The van der Waals surface area contributed by atoms with Crippen LogP contribution in [0.2, 0.25) is 0 Å². The average Bonchev–Trinajstić information content (AvgIpc) is 2.72. The fourth-order valence-electron chi connectivity index (χ4n) is 3.26. The Morgan fingerprint density at radius 1 is 1.10 bits per heavy atom. The van der Waals surface area contributed by atoms with Gasteiger partial charge in [-0.15, -0.1) is 11.3 Å². The molecule has 1 atom stereocenters. The van der Waals surface area contributed by atoms with Crippen molar-refractivity contribution in [1.29, 1.82) is 0 Å². The lowest BCUT2D eigenvalue weighted by Crippen LogP contribution is -2.43. The molecule has 1 unspecified atom stereocenters. The highest BCUT2D eigenvalue weighted by molar-refractivity contribution is 7.17. The van der Waals surface area contributed by atoms with Crippen molar-refractivity contribution in [1.82, 2.24) is 0 Å². The minimum Gasteiger partial charge on any atom is -0.390 e. The van der Waals surface area contributed by atoms with Gasteiger partial charge in [0.1, 0.15) is 0 Å². The number of aliphatic hydroxyl groups is 2. The summed E-state index contributed by atoms with van der Waals surface area (Å²) in [4.78, 5) is 0. The molecule has 1 aliphatic carbocycles. The highest BCUT2D eigenvalue weighted by Gasteiger charge is 2.36. The molecular formula is C17H22O2S. The molecule has 2 N–H and O–H groups in total. The van der Waals surface area contributed by atoms with Gasteiger partial charge in [0.15, 0.2) is 0 Å². The van der Waals surface area contributed by atoms with Crippen LogP contribution in [0.4, 0.5) is 0 Å². The summed E-state index contributed by atoms with van der Waals surface area (Å²) in [7, 11) is 0.